The van der Waals surface area contributed by atoms with Crippen LogP contribution in [-0.2, 0) is 4.79 Å². The number of carbonyl (C=O) groups excluding carboxylic acids is 1. The van der Waals surface area contributed by atoms with E-state index < -0.39 is 0 Å². The van der Waals surface area contributed by atoms with Crippen molar-refractivity contribution in [3.63, 3.8) is 0 Å². The van der Waals surface area contributed by atoms with Crippen LogP contribution in [0.2, 0.25) is 0 Å². The van der Waals surface area contributed by atoms with Crippen LogP contribution in [0.25, 0.3) is 16.8 Å². The Morgan fingerprint density at radius 2 is 2.15 bits per heavy atom. The molecule has 0 aliphatic carbocycles. The third kappa shape index (κ3) is 2.77. The van der Waals surface area contributed by atoms with Gasteiger partial charge in [0.15, 0.2) is 5.65 Å². The summed E-state index contributed by atoms with van der Waals surface area (Å²) in [5.74, 6) is 0.746. The van der Waals surface area contributed by atoms with Gasteiger partial charge in [-0.15, -0.1) is 5.10 Å². The average Bonchev–Trinajstić information content (AvgIpc) is 3.07. The van der Waals surface area contributed by atoms with Crippen molar-refractivity contribution < 1.29 is 4.79 Å². The highest BCUT2D eigenvalue weighted by molar-refractivity contribution is 5.80. The number of anilines is 2. The zero-order valence-electron chi connectivity index (χ0n) is 15.0. The minimum absolute atomic E-state index is 0.298. The number of piperazine rings is 1. The van der Waals surface area contributed by atoms with Crippen molar-refractivity contribution in [3.8, 4) is 11.1 Å². The second-order valence-corrected chi connectivity index (χ2v) is 7.19. The third-order valence-electron chi connectivity index (χ3n) is 5.51. The third-order valence-corrected chi connectivity index (χ3v) is 5.51. The normalized spacial score (nSPS) is 20.1. The first-order valence-electron chi connectivity index (χ1n) is 9.29. The predicted octanol–water partition coefficient (Wildman–Crippen LogP) is 1.57. The summed E-state index contributed by atoms with van der Waals surface area (Å²) in [4.78, 5) is 25.4. The number of rotatable bonds is 2. The van der Waals surface area contributed by atoms with E-state index >= 15 is 0 Å². The van der Waals surface area contributed by atoms with Crippen molar-refractivity contribution in [2.45, 2.75) is 25.3 Å². The number of piperidine rings is 1. The largest absolute Gasteiger partial charge is 0.382 e. The fourth-order valence-corrected chi connectivity index (χ4v) is 4.20. The molecule has 3 aromatic heterocycles. The van der Waals surface area contributed by atoms with Gasteiger partial charge < -0.3 is 15.5 Å². The molecule has 2 aliphatic heterocycles. The number of nitrogen functional groups attached to an aromatic ring is 1. The zero-order chi connectivity index (χ0) is 18.4. The van der Waals surface area contributed by atoms with Gasteiger partial charge in [0.2, 0.25) is 5.91 Å². The number of nitrogens with zero attached hydrogens (tertiary/aromatic N) is 6. The smallest absolute Gasteiger partial charge is 0.222 e. The number of hydrogen-bond donors (Lipinski definition) is 1. The minimum Gasteiger partial charge on any atom is -0.382 e. The molecule has 0 aromatic carbocycles. The van der Waals surface area contributed by atoms with E-state index in [1.807, 2.05) is 30.9 Å². The summed E-state index contributed by atoms with van der Waals surface area (Å²) in [6.07, 6.45) is 10.2. The Balaban J connectivity index is 1.49. The van der Waals surface area contributed by atoms with Gasteiger partial charge in [0, 0.05) is 79.8 Å². The number of amides is 1. The number of hydrogen-bond acceptors (Lipinski definition) is 6. The van der Waals surface area contributed by atoms with Crippen molar-refractivity contribution in [3.05, 3.63) is 36.9 Å². The number of nitrogens with two attached hydrogens (primary N) is 1. The average molecular weight is 363 g/mol. The van der Waals surface area contributed by atoms with Crippen LogP contribution < -0.4 is 10.6 Å². The van der Waals surface area contributed by atoms with Crippen molar-refractivity contribution in [2.75, 3.05) is 30.3 Å². The van der Waals surface area contributed by atoms with Crippen LogP contribution >= 0.6 is 0 Å². The molecule has 138 valence electrons. The van der Waals surface area contributed by atoms with E-state index in [0.717, 1.165) is 54.9 Å². The van der Waals surface area contributed by atoms with Gasteiger partial charge in [0.1, 0.15) is 5.82 Å². The molecule has 3 aromatic rings. The van der Waals surface area contributed by atoms with Crippen molar-refractivity contribution in [1.29, 1.82) is 0 Å². The predicted molar refractivity (Wildman–Crippen MR) is 102 cm³/mol. The zero-order valence-corrected chi connectivity index (χ0v) is 15.0. The van der Waals surface area contributed by atoms with E-state index in [9.17, 15) is 4.79 Å². The van der Waals surface area contributed by atoms with E-state index in [1.165, 1.54) is 0 Å². The van der Waals surface area contributed by atoms with Gasteiger partial charge in [-0.2, -0.15) is 0 Å². The number of aromatic nitrogens is 4. The molecule has 2 N–H and O–H groups in total. The maximum atomic E-state index is 12.2. The first kappa shape index (κ1) is 16.0. The lowest BCUT2D eigenvalue weighted by molar-refractivity contribution is -0.136. The number of pyridine rings is 1. The number of fused-ring (bicyclic) bond motifs is 2. The lowest BCUT2D eigenvalue weighted by Gasteiger charge is -2.45. The van der Waals surface area contributed by atoms with E-state index in [0.29, 0.717) is 24.2 Å². The molecule has 2 fully saturated rings. The van der Waals surface area contributed by atoms with E-state index in [1.54, 1.807) is 10.6 Å². The van der Waals surface area contributed by atoms with E-state index in [2.05, 4.69) is 24.9 Å². The molecule has 0 saturated carbocycles. The fraction of sp³-hybridized carbons (Fsp3) is 0.368. The minimum atomic E-state index is 0.298. The summed E-state index contributed by atoms with van der Waals surface area (Å²) in [5, 5.41) is 4.26. The summed E-state index contributed by atoms with van der Waals surface area (Å²) in [5.41, 5.74) is 9.56. The molecular weight excluding hydrogens is 342 g/mol. The number of carbonyl (C=O) groups is 1. The van der Waals surface area contributed by atoms with Crippen LogP contribution in [0.15, 0.2) is 36.9 Å². The lowest BCUT2D eigenvalue weighted by atomic mass is 9.98. The Kier molecular flexibility index (Phi) is 3.70. The molecule has 1 atom stereocenters. The van der Waals surface area contributed by atoms with Crippen LogP contribution in [0.5, 0.6) is 0 Å². The van der Waals surface area contributed by atoms with Crippen molar-refractivity contribution >= 4 is 23.1 Å². The van der Waals surface area contributed by atoms with Crippen LogP contribution in [-0.4, -0.2) is 56.1 Å². The van der Waals surface area contributed by atoms with Gasteiger partial charge in [0.05, 0.1) is 0 Å². The van der Waals surface area contributed by atoms with Crippen molar-refractivity contribution in [1.82, 2.24) is 24.5 Å². The highest BCUT2D eigenvalue weighted by atomic mass is 16.2. The summed E-state index contributed by atoms with van der Waals surface area (Å²) in [6, 6.07) is 4.08. The molecule has 2 saturated heterocycles. The molecule has 2 aliphatic rings. The molecule has 5 rings (SSSR count). The monoisotopic (exact) mass is 363 g/mol. The van der Waals surface area contributed by atoms with Crippen LogP contribution in [0, 0.1) is 0 Å². The molecule has 8 heteroatoms. The topological polar surface area (TPSA) is 92.6 Å². The molecule has 8 nitrogen and oxygen atoms in total. The molecule has 0 spiro atoms. The fourth-order valence-electron chi connectivity index (χ4n) is 4.20. The van der Waals surface area contributed by atoms with Crippen LogP contribution in [0.1, 0.15) is 19.3 Å². The molecular formula is C19H21N7O. The molecule has 0 bridgehead atoms. The maximum Gasteiger partial charge on any atom is 0.222 e. The summed E-state index contributed by atoms with van der Waals surface area (Å²) in [7, 11) is 0. The lowest BCUT2D eigenvalue weighted by Crippen LogP contribution is -2.57. The van der Waals surface area contributed by atoms with Gasteiger partial charge >= 0.3 is 0 Å². The summed E-state index contributed by atoms with van der Waals surface area (Å²) >= 11 is 0. The van der Waals surface area contributed by atoms with Gasteiger partial charge in [-0.05, 0) is 18.9 Å². The standard InChI is InChI=1S/C19H21N7O/c20-17-8-18-22-9-13(11-26(18)23-17)15-10-21-5-4-16(15)24-6-7-25-14(12-24)2-1-3-19(25)27/h4-5,8-11,14H,1-3,6-7,12H2,(H2,20,23). The highest BCUT2D eigenvalue weighted by Gasteiger charge is 2.33. The van der Waals surface area contributed by atoms with E-state index in [-0.39, 0.29) is 0 Å². The van der Waals surface area contributed by atoms with Crippen LogP contribution in [0.3, 0.4) is 0 Å². The Hall–Kier alpha value is -3.16. The van der Waals surface area contributed by atoms with Gasteiger partial charge in [-0.3, -0.25) is 9.78 Å². The molecule has 1 amide bonds. The first-order chi connectivity index (χ1) is 13.2. The van der Waals surface area contributed by atoms with Gasteiger partial charge in [-0.25, -0.2) is 9.50 Å². The SMILES string of the molecule is Nc1cc2ncc(-c3cnccc3N3CCN4C(=O)CCCC4C3)cn2n1. The summed E-state index contributed by atoms with van der Waals surface area (Å²) < 4.78 is 1.69. The maximum absolute atomic E-state index is 12.2. The Morgan fingerprint density at radius 3 is 3.07 bits per heavy atom. The first-order valence-corrected chi connectivity index (χ1v) is 9.29. The molecule has 0 radical (unpaired) electrons. The van der Waals surface area contributed by atoms with Crippen molar-refractivity contribution in [2.24, 2.45) is 0 Å². The molecule has 5 heterocycles. The molecule has 27 heavy (non-hydrogen) atoms. The van der Waals surface area contributed by atoms with Gasteiger partial charge in [-0.1, -0.05) is 0 Å². The second-order valence-electron chi connectivity index (χ2n) is 7.19. The molecule has 1 unspecified atom stereocenters. The highest BCUT2D eigenvalue weighted by Crippen LogP contribution is 2.32. The summed E-state index contributed by atoms with van der Waals surface area (Å²) in [6.45, 7) is 2.45. The quantitative estimate of drug-likeness (QED) is 0.743. The Bertz CT molecular complexity index is 1010. The Labute approximate surface area is 156 Å². The van der Waals surface area contributed by atoms with E-state index in [4.69, 9.17) is 5.73 Å². The second kappa shape index (κ2) is 6.22. The Morgan fingerprint density at radius 1 is 1.22 bits per heavy atom. The van der Waals surface area contributed by atoms with Gasteiger partial charge in [0.25, 0.3) is 0 Å². The van der Waals surface area contributed by atoms with Crippen LogP contribution in [0.4, 0.5) is 11.5 Å².